The lowest BCUT2D eigenvalue weighted by Gasteiger charge is -2.32. The minimum atomic E-state index is -1.15. The van der Waals surface area contributed by atoms with E-state index in [1.807, 2.05) is 86.6 Å². The first-order valence-electron chi connectivity index (χ1n) is 17.1. The summed E-state index contributed by atoms with van der Waals surface area (Å²) in [6.07, 6.45) is -1.10. The van der Waals surface area contributed by atoms with Crippen molar-refractivity contribution in [1.82, 2.24) is 25.6 Å². The molecule has 3 aliphatic heterocycles. The first-order chi connectivity index (χ1) is 24.2. The Balaban J connectivity index is 1.21. The lowest BCUT2D eigenvalue weighted by atomic mass is 9.99. The SMILES string of the molecule is CC(C)[C@H]1OC(=O)N(C)[C@@H]1C(=O)NN(Cc1ccc(-c2ccccn2)cc1)C[C@H](O)[C@H](Cc1ccccc1)NC(=O)O[C@H]1CO[C@H]2OCC[C@H]21. The number of fused-ring (bicyclic) bond motifs is 1. The van der Waals surface area contributed by atoms with Gasteiger partial charge in [0.25, 0.3) is 5.91 Å². The number of hydrogen-bond donors (Lipinski definition) is 3. The van der Waals surface area contributed by atoms with Gasteiger partial charge in [0.1, 0.15) is 12.2 Å². The summed E-state index contributed by atoms with van der Waals surface area (Å²) in [5.41, 5.74) is 6.46. The molecular formula is C37H45N5O8. The standard InChI is InChI=1S/C37H45N5O8/c1-23(2)33-32(41(3)37(46)50-33)34(44)40-42(20-25-12-14-26(15-13-25)28-11-7-8-17-38-28)21-30(43)29(19-24-9-5-4-6-10-24)39-36(45)49-31-22-48-35-27(31)16-18-47-35/h4-15,17,23,27,29-33,35,43H,16,18-22H2,1-3H3,(H,39,45)(H,40,44)/t27-,29-,30-,31-,32-,33+,35+/m0/s1. The van der Waals surface area contributed by atoms with Gasteiger partial charge in [-0.2, -0.15) is 0 Å². The van der Waals surface area contributed by atoms with Crippen LogP contribution in [0.5, 0.6) is 0 Å². The molecule has 13 nitrogen and oxygen atoms in total. The fourth-order valence-electron chi connectivity index (χ4n) is 6.70. The molecule has 266 valence electrons. The number of aromatic nitrogens is 1. The molecule has 0 aliphatic carbocycles. The van der Waals surface area contributed by atoms with E-state index in [-0.39, 0.29) is 37.8 Å². The van der Waals surface area contributed by atoms with Crippen LogP contribution in [0.4, 0.5) is 9.59 Å². The molecule has 7 atom stereocenters. The normalized spacial score (nSPS) is 24.2. The molecule has 3 amide bonds. The molecule has 50 heavy (non-hydrogen) atoms. The van der Waals surface area contributed by atoms with Crippen LogP contribution >= 0.6 is 0 Å². The molecule has 0 saturated carbocycles. The van der Waals surface area contributed by atoms with Gasteiger partial charge in [-0.05, 0) is 42.0 Å². The van der Waals surface area contributed by atoms with Gasteiger partial charge in [-0.15, -0.1) is 0 Å². The number of likely N-dealkylation sites (N-methyl/N-ethyl adjacent to an activating group) is 1. The highest BCUT2D eigenvalue weighted by Crippen LogP contribution is 2.33. The van der Waals surface area contributed by atoms with E-state index in [9.17, 15) is 19.5 Å². The van der Waals surface area contributed by atoms with E-state index in [1.165, 1.54) is 11.9 Å². The Kier molecular flexibility index (Phi) is 11.3. The predicted octanol–water partition coefficient (Wildman–Crippen LogP) is 3.52. The second kappa shape index (κ2) is 16.0. The van der Waals surface area contributed by atoms with Crippen LogP contribution in [-0.2, 0) is 36.7 Å². The van der Waals surface area contributed by atoms with E-state index in [4.69, 9.17) is 18.9 Å². The number of nitrogens with one attached hydrogen (secondary N) is 2. The van der Waals surface area contributed by atoms with E-state index < -0.39 is 48.5 Å². The lowest BCUT2D eigenvalue weighted by molar-refractivity contribution is -0.132. The number of alkyl carbamates (subject to hydrolysis) is 1. The molecule has 0 bridgehead atoms. The highest BCUT2D eigenvalue weighted by molar-refractivity contribution is 5.88. The van der Waals surface area contributed by atoms with Crippen LogP contribution in [0.3, 0.4) is 0 Å². The zero-order valence-electron chi connectivity index (χ0n) is 28.5. The van der Waals surface area contributed by atoms with Crippen LogP contribution in [0.15, 0.2) is 79.0 Å². The summed E-state index contributed by atoms with van der Waals surface area (Å²) in [6, 6.07) is 21.3. The quantitative estimate of drug-likeness (QED) is 0.228. The molecule has 3 N–H and O–H groups in total. The minimum Gasteiger partial charge on any atom is -0.443 e. The van der Waals surface area contributed by atoms with Gasteiger partial charge in [-0.25, -0.2) is 14.6 Å². The second-order valence-electron chi connectivity index (χ2n) is 13.4. The van der Waals surface area contributed by atoms with Gasteiger partial charge in [-0.3, -0.25) is 20.1 Å². The summed E-state index contributed by atoms with van der Waals surface area (Å²) in [7, 11) is 1.53. The molecule has 6 rings (SSSR count). The number of benzene rings is 2. The van der Waals surface area contributed by atoms with E-state index in [0.29, 0.717) is 13.0 Å². The number of ether oxygens (including phenoxy) is 4. The number of carbonyl (C=O) groups excluding carboxylic acids is 3. The highest BCUT2D eigenvalue weighted by atomic mass is 16.7. The van der Waals surface area contributed by atoms with Crippen LogP contribution in [-0.4, -0.2) is 102 Å². The number of hydrogen-bond acceptors (Lipinski definition) is 10. The van der Waals surface area contributed by atoms with E-state index >= 15 is 0 Å². The minimum absolute atomic E-state index is 0.0349. The molecule has 4 heterocycles. The third-order valence-electron chi connectivity index (χ3n) is 9.45. The van der Waals surface area contributed by atoms with Gasteiger partial charge in [0.2, 0.25) is 0 Å². The Morgan fingerprint density at radius 2 is 1.80 bits per heavy atom. The Morgan fingerprint density at radius 3 is 2.52 bits per heavy atom. The summed E-state index contributed by atoms with van der Waals surface area (Å²) in [6.45, 7) is 4.72. The van der Waals surface area contributed by atoms with E-state index in [2.05, 4.69) is 15.7 Å². The third-order valence-corrected chi connectivity index (χ3v) is 9.45. The first-order valence-corrected chi connectivity index (χ1v) is 17.1. The fourth-order valence-corrected chi connectivity index (χ4v) is 6.70. The summed E-state index contributed by atoms with van der Waals surface area (Å²) in [4.78, 5) is 45.3. The topological polar surface area (TPSA) is 152 Å². The maximum absolute atomic E-state index is 13.8. The predicted molar refractivity (Wildman–Crippen MR) is 182 cm³/mol. The van der Waals surface area contributed by atoms with E-state index in [0.717, 1.165) is 28.8 Å². The maximum Gasteiger partial charge on any atom is 0.410 e. The Labute approximate surface area is 291 Å². The number of cyclic esters (lactones) is 1. The van der Waals surface area contributed by atoms with Crippen molar-refractivity contribution >= 4 is 18.1 Å². The number of rotatable bonds is 13. The average molecular weight is 688 g/mol. The molecule has 3 aromatic rings. The Morgan fingerprint density at radius 1 is 1.04 bits per heavy atom. The molecule has 0 radical (unpaired) electrons. The van der Waals surface area contributed by atoms with Crippen molar-refractivity contribution in [3.05, 3.63) is 90.1 Å². The summed E-state index contributed by atoms with van der Waals surface area (Å²) in [5.74, 6) is -0.595. The van der Waals surface area contributed by atoms with Crippen LogP contribution in [0.25, 0.3) is 11.3 Å². The summed E-state index contributed by atoms with van der Waals surface area (Å²) < 4.78 is 22.5. The first kappa shape index (κ1) is 35.3. The lowest BCUT2D eigenvalue weighted by Crippen LogP contribution is -2.57. The average Bonchev–Trinajstić information content (AvgIpc) is 3.81. The fraction of sp³-hybridized carbons (Fsp3) is 0.459. The zero-order chi connectivity index (χ0) is 35.2. The van der Waals surface area contributed by atoms with Gasteiger partial charge < -0.3 is 29.4 Å². The van der Waals surface area contributed by atoms with Crippen molar-refractivity contribution in [3.8, 4) is 11.3 Å². The van der Waals surface area contributed by atoms with Crippen molar-refractivity contribution in [2.45, 2.75) is 69.9 Å². The Hall–Kier alpha value is -4.56. The van der Waals surface area contributed by atoms with Gasteiger partial charge in [0.05, 0.1) is 37.0 Å². The van der Waals surface area contributed by atoms with Crippen molar-refractivity contribution in [2.75, 3.05) is 26.8 Å². The molecule has 0 unspecified atom stereocenters. The number of amides is 3. The Bertz CT molecular complexity index is 1590. The number of nitrogens with zero attached hydrogens (tertiary/aromatic N) is 3. The van der Waals surface area contributed by atoms with Crippen LogP contribution < -0.4 is 10.7 Å². The van der Waals surface area contributed by atoms with Crippen LogP contribution in [0.2, 0.25) is 0 Å². The van der Waals surface area contributed by atoms with Crippen molar-refractivity contribution in [3.63, 3.8) is 0 Å². The molecule has 13 heteroatoms. The second-order valence-corrected chi connectivity index (χ2v) is 13.4. The van der Waals surface area contributed by atoms with E-state index in [1.54, 1.807) is 11.2 Å². The van der Waals surface area contributed by atoms with Gasteiger partial charge in [0.15, 0.2) is 12.3 Å². The van der Waals surface area contributed by atoms with Crippen molar-refractivity contribution in [2.24, 2.45) is 11.8 Å². The molecule has 3 fully saturated rings. The van der Waals surface area contributed by atoms with Gasteiger partial charge in [0, 0.05) is 31.9 Å². The molecule has 2 aromatic carbocycles. The van der Waals surface area contributed by atoms with Crippen molar-refractivity contribution in [1.29, 1.82) is 0 Å². The molecule has 3 aliphatic rings. The van der Waals surface area contributed by atoms with Crippen LogP contribution in [0.1, 0.15) is 31.4 Å². The smallest absolute Gasteiger partial charge is 0.410 e. The number of aliphatic hydroxyl groups excluding tert-OH is 1. The van der Waals surface area contributed by atoms with Crippen LogP contribution in [0, 0.1) is 11.8 Å². The summed E-state index contributed by atoms with van der Waals surface area (Å²) in [5, 5.41) is 16.3. The van der Waals surface area contributed by atoms with Gasteiger partial charge in [-0.1, -0.05) is 74.5 Å². The molecule has 3 saturated heterocycles. The number of pyridine rings is 1. The van der Waals surface area contributed by atoms with Crippen molar-refractivity contribution < 1.29 is 38.4 Å². The molecule has 0 spiro atoms. The highest BCUT2D eigenvalue weighted by Gasteiger charge is 2.46. The number of aliphatic hydroxyl groups is 1. The number of carbonyl (C=O) groups is 3. The maximum atomic E-state index is 13.8. The molecule has 1 aromatic heterocycles. The summed E-state index contributed by atoms with van der Waals surface area (Å²) >= 11 is 0. The zero-order valence-corrected chi connectivity index (χ0v) is 28.5. The number of hydrazine groups is 1. The monoisotopic (exact) mass is 687 g/mol. The largest absolute Gasteiger partial charge is 0.443 e. The van der Waals surface area contributed by atoms with Gasteiger partial charge >= 0.3 is 12.2 Å². The molecular weight excluding hydrogens is 642 g/mol. The third kappa shape index (κ3) is 8.41.